The van der Waals surface area contributed by atoms with E-state index >= 15 is 0 Å². The number of hydrogen-bond donors (Lipinski definition) is 0. The maximum Gasteiger partial charge on any atom is 0.0841 e. The Bertz CT molecular complexity index is 146. The molecule has 0 saturated carbocycles. The van der Waals surface area contributed by atoms with E-state index in [9.17, 15) is 0 Å². The van der Waals surface area contributed by atoms with Gasteiger partial charge in [0, 0.05) is 18.3 Å². The van der Waals surface area contributed by atoms with Crippen LogP contribution >= 0.6 is 0 Å². The number of nitrogens with zero attached hydrogens (tertiary/aromatic N) is 1. The third kappa shape index (κ3) is 1.19. The molecule has 1 spiro atoms. The molecule has 0 bridgehead atoms. The summed E-state index contributed by atoms with van der Waals surface area (Å²) in [6.45, 7) is 10.7. The number of hydrogen-bond acceptors (Lipinski definition) is 0. The molecule has 2 saturated heterocycles. The normalized spacial score (nSPS) is 38.5. The minimum atomic E-state index is 1.05. The molecule has 2 aliphatic heterocycles. The first kappa shape index (κ1) is 8.55. The van der Waals surface area contributed by atoms with E-state index in [-0.39, 0.29) is 0 Å². The van der Waals surface area contributed by atoms with Crippen molar-refractivity contribution in [3.05, 3.63) is 0 Å². The highest BCUT2D eigenvalue weighted by Crippen LogP contribution is 2.37. The van der Waals surface area contributed by atoms with Crippen molar-refractivity contribution in [3.8, 4) is 0 Å². The van der Waals surface area contributed by atoms with Crippen molar-refractivity contribution in [2.24, 2.45) is 11.8 Å². The van der Waals surface area contributed by atoms with Gasteiger partial charge in [-0.3, -0.25) is 0 Å². The maximum atomic E-state index is 2.37. The lowest BCUT2D eigenvalue weighted by atomic mass is 9.92. The summed E-state index contributed by atoms with van der Waals surface area (Å²) in [7, 11) is 0. The average Bonchev–Trinajstić information content (AvgIpc) is 2.42. The third-order valence-corrected chi connectivity index (χ3v) is 4.22. The Morgan fingerprint density at radius 1 is 1.00 bits per heavy atom. The Hall–Kier alpha value is -0.0400. The van der Waals surface area contributed by atoms with Gasteiger partial charge in [0.1, 0.15) is 0 Å². The summed E-state index contributed by atoms with van der Waals surface area (Å²) in [6.07, 6.45) is 4.32. The van der Waals surface area contributed by atoms with Gasteiger partial charge in [0.2, 0.25) is 0 Å². The molecule has 1 nitrogen and oxygen atoms in total. The van der Waals surface area contributed by atoms with Crippen molar-refractivity contribution < 1.29 is 4.48 Å². The van der Waals surface area contributed by atoms with Gasteiger partial charge >= 0.3 is 0 Å². The summed E-state index contributed by atoms with van der Waals surface area (Å²) in [5.41, 5.74) is 0. The highest BCUT2D eigenvalue weighted by Gasteiger charge is 2.47. The van der Waals surface area contributed by atoms with Gasteiger partial charge in [-0.05, 0) is 12.8 Å². The van der Waals surface area contributed by atoms with Crippen molar-refractivity contribution in [1.82, 2.24) is 0 Å². The van der Waals surface area contributed by atoms with Gasteiger partial charge in [-0.25, -0.2) is 0 Å². The summed E-state index contributed by atoms with van der Waals surface area (Å²) >= 11 is 0. The molecular formula is C11H22N+. The molecule has 0 amide bonds. The summed E-state index contributed by atoms with van der Waals surface area (Å²) in [5.74, 6) is 2.10. The van der Waals surface area contributed by atoms with Crippen molar-refractivity contribution in [3.63, 3.8) is 0 Å². The molecule has 2 fully saturated rings. The zero-order chi connectivity index (χ0) is 8.60. The first-order valence-corrected chi connectivity index (χ1v) is 5.65. The molecule has 2 unspecified atom stereocenters. The largest absolute Gasteiger partial charge is 0.323 e. The summed E-state index contributed by atoms with van der Waals surface area (Å²) < 4.78 is 1.50. The van der Waals surface area contributed by atoms with Crippen molar-refractivity contribution in [1.29, 1.82) is 0 Å². The molecule has 2 aliphatic rings. The van der Waals surface area contributed by atoms with Crippen molar-refractivity contribution in [2.45, 2.75) is 33.1 Å². The Morgan fingerprint density at radius 2 is 1.50 bits per heavy atom. The fourth-order valence-electron chi connectivity index (χ4n) is 3.26. The van der Waals surface area contributed by atoms with Crippen LogP contribution in [-0.2, 0) is 0 Å². The lowest BCUT2D eigenvalue weighted by Gasteiger charge is -2.42. The fraction of sp³-hybridized carbons (Fsp3) is 1.00. The monoisotopic (exact) mass is 168 g/mol. The molecule has 0 radical (unpaired) electrons. The fourth-order valence-corrected chi connectivity index (χ4v) is 3.26. The van der Waals surface area contributed by atoms with Gasteiger partial charge in [0.15, 0.2) is 0 Å². The second kappa shape index (κ2) is 3.02. The molecule has 1 heteroatoms. The van der Waals surface area contributed by atoms with Gasteiger partial charge in [0.25, 0.3) is 0 Å². The molecule has 0 aromatic carbocycles. The molecule has 0 aromatic heterocycles. The van der Waals surface area contributed by atoms with E-state index in [1.165, 1.54) is 49.9 Å². The Kier molecular flexibility index (Phi) is 2.16. The Balaban J connectivity index is 1.99. The zero-order valence-electron chi connectivity index (χ0n) is 8.55. The van der Waals surface area contributed by atoms with Gasteiger partial charge in [0.05, 0.1) is 26.2 Å². The second-order valence-electron chi connectivity index (χ2n) is 4.84. The smallest absolute Gasteiger partial charge is 0.0841 e. The van der Waals surface area contributed by atoms with Crippen LogP contribution in [0, 0.1) is 11.8 Å². The predicted molar refractivity (Wildman–Crippen MR) is 51.9 cm³/mol. The van der Waals surface area contributed by atoms with Gasteiger partial charge in [-0.2, -0.15) is 0 Å². The van der Waals surface area contributed by atoms with E-state index in [0.29, 0.717) is 0 Å². The lowest BCUT2D eigenvalue weighted by molar-refractivity contribution is -0.955. The van der Waals surface area contributed by atoms with E-state index in [0.717, 1.165) is 11.8 Å². The van der Waals surface area contributed by atoms with Crippen LogP contribution in [-0.4, -0.2) is 30.7 Å². The van der Waals surface area contributed by atoms with E-state index in [1.54, 1.807) is 0 Å². The summed E-state index contributed by atoms with van der Waals surface area (Å²) in [5, 5.41) is 0. The van der Waals surface area contributed by atoms with Crippen LogP contribution in [0.15, 0.2) is 0 Å². The van der Waals surface area contributed by atoms with E-state index < -0.39 is 0 Å². The van der Waals surface area contributed by atoms with Gasteiger partial charge < -0.3 is 4.48 Å². The minimum absolute atomic E-state index is 1.05. The molecule has 0 aliphatic carbocycles. The van der Waals surface area contributed by atoms with E-state index in [4.69, 9.17) is 0 Å². The number of rotatable bonds is 2. The second-order valence-corrected chi connectivity index (χ2v) is 4.84. The van der Waals surface area contributed by atoms with Crippen LogP contribution in [0.25, 0.3) is 0 Å². The SMILES string of the molecule is CCC1C[N+]2(CCC2)CC1CC. The molecule has 0 aromatic rings. The maximum absolute atomic E-state index is 2.37. The third-order valence-electron chi connectivity index (χ3n) is 4.22. The van der Waals surface area contributed by atoms with E-state index in [1.807, 2.05) is 0 Å². The molecule has 12 heavy (non-hydrogen) atoms. The predicted octanol–water partition coefficient (Wildman–Crippen LogP) is 2.27. The van der Waals surface area contributed by atoms with Crippen LogP contribution in [0.2, 0.25) is 0 Å². The highest BCUT2D eigenvalue weighted by molar-refractivity contribution is 4.77. The van der Waals surface area contributed by atoms with Crippen molar-refractivity contribution >= 4 is 0 Å². The van der Waals surface area contributed by atoms with Crippen LogP contribution in [0.1, 0.15) is 33.1 Å². The van der Waals surface area contributed by atoms with Crippen molar-refractivity contribution in [2.75, 3.05) is 26.2 Å². The van der Waals surface area contributed by atoms with Crippen LogP contribution in [0.5, 0.6) is 0 Å². The highest BCUT2D eigenvalue weighted by atomic mass is 15.4. The molecule has 70 valence electrons. The zero-order valence-corrected chi connectivity index (χ0v) is 8.55. The van der Waals surface area contributed by atoms with Gasteiger partial charge in [-0.15, -0.1) is 0 Å². The quantitative estimate of drug-likeness (QED) is 0.555. The first-order chi connectivity index (χ1) is 5.79. The van der Waals surface area contributed by atoms with Crippen LogP contribution in [0.3, 0.4) is 0 Å². The lowest BCUT2D eigenvalue weighted by Crippen LogP contribution is -2.56. The Morgan fingerprint density at radius 3 is 1.75 bits per heavy atom. The Labute approximate surface area is 76.3 Å². The molecule has 2 heterocycles. The van der Waals surface area contributed by atoms with Gasteiger partial charge in [-0.1, -0.05) is 13.8 Å². The average molecular weight is 168 g/mol. The topological polar surface area (TPSA) is 0 Å². The first-order valence-electron chi connectivity index (χ1n) is 5.65. The number of quaternary nitrogens is 1. The summed E-state index contributed by atoms with van der Waals surface area (Å²) in [4.78, 5) is 0. The molecule has 0 N–H and O–H groups in total. The standard InChI is InChI=1S/C11H22N/c1-3-10-8-12(6-5-7-12)9-11(10)4-2/h10-11H,3-9H2,1-2H3/q+1. The van der Waals surface area contributed by atoms with Crippen LogP contribution in [0.4, 0.5) is 0 Å². The summed E-state index contributed by atoms with van der Waals surface area (Å²) in [6, 6.07) is 0. The minimum Gasteiger partial charge on any atom is -0.323 e. The molecule has 2 rings (SSSR count). The molecule has 2 atom stereocenters. The van der Waals surface area contributed by atoms with Crippen LogP contribution < -0.4 is 0 Å². The van der Waals surface area contributed by atoms with E-state index in [2.05, 4.69) is 13.8 Å². The molecular weight excluding hydrogens is 146 g/mol.